The molecule has 9 nitrogen and oxygen atoms in total. The molecule has 88 valence electrons. The van der Waals surface area contributed by atoms with Gasteiger partial charge in [-0.2, -0.15) is 4.98 Å². The monoisotopic (exact) mass is 236 g/mol. The predicted octanol–water partition coefficient (Wildman–Crippen LogP) is 0.422. The van der Waals surface area contributed by atoms with Crippen molar-refractivity contribution in [1.82, 2.24) is 20.1 Å². The first kappa shape index (κ1) is 10.9. The van der Waals surface area contributed by atoms with Crippen LogP contribution in [0.3, 0.4) is 0 Å². The summed E-state index contributed by atoms with van der Waals surface area (Å²) in [6.07, 6.45) is 4.09. The quantitative estimate of drug-likeness (QED) is 0.585. The lowest BCUT2D eigenvalue weighted by atomic mass is 10.4. The molecule has 2 aromatic rings. The highest BCUT2D eigenvalue weighted by atomic mass is 16.6. The first-order valence-electron chi connectivity index (χ1n) is 4.71. The van der Waals surface area contributed by atoms with Crippen LogP contribution in [-0.2, 0) is 6.42 Å². The van der Waals surface area contributed by atoms with E-state index in [9.17, 15) is 10.1 Å². The normalized spacial score (nSPS) is 10.1. The Morgan fingerprint density at radius 2 is 2.12 bits per heavy atom. The largest absolute Gasteiger partial charge is 0.354 e. The summed E-state index contributed by atoms with van der Waals surface area (Å²) >= 11 is 0. The summed E-state index contributed by atoms with van der Waals surface area (Å²) < 4.78 is 4.56. The van der Waals surface area contributed by atoms with Crippen LogP contribution in [0.4, 0.5) is 11.6 Å². The van der Waals surface area contributed by atoms with Crippen LogP contribution in [0.25, 0.3) is 0 Å². The van der Waals surface area contributed by atoms with Gasteiger partial charge >= 0.3 is 5.69 Å². The second-order valence-corrected chi connectivity index (χ2v) is 3.05. The fourth-order valence-corrected chi connectivity index (χ4v) is 1.10. The number of nitro groups is 1. The Bertz CT molecular complexity index is 482. The van der Waals surface area contributed by atoms with Gasteiger partial charge in [0.05, 0.1) is 4.92 Å². The van der Waals surface area contributed by atoms with Crippen molar-refractivity contribution in [3.8, 4) is 0 Å². The van der Waals surface area contributed by atoms with E-state index in [1.807, 2.05) is 0 Å². The zero-order valence-electron chi connectivity index (χ0n) is 8.61. The van der Waals surface area contributed by atoms with Crippen molar-refractivity contribution < 1.29 is 9.45 Å². The molecule has 17 heavy (non-hydrogen) atoms. The molecular weight excluding hydrogens is 228 g/mol. The van der Waals surface area contributed by atoms with E-state index in [-0.39, 0.29) is 5.69 Å². The average Bonchev–Trinajstić information content (AvgIpc) is 2.83. The van der Waals surface area contributed by atoms with Crippen molar-refractivity contribution in [2.24, 2.45) is 0 Å². The first-order valence-corrected chi connectivity index (χ1v) is 4.71. The third kappa shape index (κ3) is 2.93. The topological polar surface area (TPSA) is 120 Å². The minimum absolute atomic E-state index is 0.145. The van der Waals surface area contributed by atoms with Gasteiger partial charge in [0, 0.05) is 13.0 Å². The van der Waals surface area contributed by atoms with Crippen LogP contribution >= 0.6 is 0 Å². The van der Waals surface area contributed by atoms with Gasteiger partial charge in [-0.05, 0) is 0 Å². The van der Waals surface area contributed by atoms with Crippen molar-refractivity contribution in [3.63, 3.8) is 0 Å². The van der Waals surface area contributed by atoms with Gasteiger partial charge in [0.25, 0.3) is 0 Å². The first-order chi connectivity index (χ1) is 8.25. The second kappa shape index (κ2) is 4.96. The lowest BCUT2D eigenvalue weighted by Gasteiger charge is -2.01. The lowest BCUT2D eigenvalue weighted by molar-refractivity contribution is -0.385. The summed E-state index contributed by atoms with van der Waals surface area (Å²) in [6.45, 7) is 0.511. The summed E-state index contributed by atoms with van der Waals surface area (Å²) in [5.41, 5.74) is -0.145. The highest BCUT2D eigenvalue weighted by Crippen LogP contribution is 2.07. The Kier molecular flexibility index (Phi) is 3.19. The van der Waals surface area contributed by atoms with Crippen LogP contribution in [0.1, 0.15) is 5.82 Å². The molecule has 0 aromatic carbocycles. The van der Waals surface area contributed by atoms with Crippen molar-refractivity contribution in [3.05, 3.63) is 34.7 Å². The second-order valence-electron chi connectivity index (χ2n) is 3.05. The number of rotatable bonds is 5. The summed E-state index contributed by atoms with van der Waals surface area (Å²) in [7, 11) is 0. The van der Waals surface area contributed by atoms with Gasteiger partial charge in [-0.25, -0.2) is 9.97 Å². The standard InChI is InChI=1S/C8H8N6O3/c15-14(16)6-3-10-8(11-4-6)9-2-1-7-12-5-17-13-7/h3-5H,1-2H2,(H,9,10,11). The molecule has 1 N–H and O–H groups in total. The predicted molar refractivity (Wildman–Crippen MR) is 55.2 cm³/mol. The molecular formula is C8H8N6O3. The maximum Gasteiger partial charge on any atom is 0.305 e. The van der Waals surface area contributed by atoms with E-state index in [2.05, 4.69) is 29.9 Å². The Morgan fingerprint density at radius 3 is 2.71 bits per heavy atom. The Balaban J connectivity index is 1.85. The summed E-state index contributed by atoms with van der Waals surface area (Å²) in [6, 6.07) is 0. The van der Waals surface area contributed by atoms with Crippen LogP contribution in [-0.4, -0.2) is 31.6 Å². The molecule has 2 rings (SSSR count). The van der Waals surface area contributed by atoms with Gasteiger partial charge in [-0.1, -0.05) is 5.16 Å². The average molecular weight is 236 g/mol. The van der Waals surface area contributed by atoms with E-state index in [0.29, 0.717) is 24.7 Å². The van der Waals surface area contributed by atoms with Crippen molar-refractivity contribution in [1.29, 1.82) is 0 Å². The zero-order valence-corrected chi connectivity index (χ0v) is 8.61. The molecule has 0 saturated carbocycles. The Labute approximate surface area is 95.0 Å². The SMILES string of the molecule is O=[N+]([O-])c1cnc(NCCc2ncon2)nc1. The molecule has 0 aliphatic carbocycles. The van der Waals surface area contributed by atoms with Crippen LogP contribution < -0.4 is 5.32 Å². The molecule has 0 atom stereocenters. The molecule has 0 amide bonds. The van der Waals surface area contributed by atoms with Gasteiger partial charge in [0.1, 0.15) is 12.4 Å². The molecule has 0 saturated heterocycles. The molecule has 0 unspecified atom stereocenters. The van der Waals surface area contributed by atoms with Crippen LogP contribution in [0, 0.1) is 10.1 Å². The fourth-order valence-electron chi connectivity index (χ4n) is 1.10. The lowest BCUT2D eigenvalue weighted by Crippen LogP contribution is -2.08. The summed E-state index contributed by atoms with van der Waals surface area (Å²) in [4.78, 5) is 21.2. The zero-order chi connectivity index (χ0) is 12.1. The minimum atomic E-state index is -0.552. The highest BCUT2D eigenvalue weighted by molar-refractivity contribution is 5.30. The van der Waals surface area contributed by atoms with E-state index in [1.165, 1.54) is 6.39 Å². The van der Waals surface area contributed by atoms with E-state index < -0.39 is 4.92 Å². The molecule has 9 heteroatoms. The number of aromatic nitrogens is 4. The number of anilines is 1. The third-order valence-electron chi connectivity index (χ3n) is 1.89. The number of hydrogen-bond acceptors (Lipinski definition) is 8. The smallest absolute Gasteiger partial charge is 0.305 e. The van der Waals surface area contributed by atoms with E-state index in [0.717, 1.165) is 12.4 Å². The Hall–Kier alpha value is -2.58. The summed E-state index contributed by atoms with van der Waals surface area (Å²) in [5.74, 6) is 0.888. The maximum atomic E-state index is 10.4. The molecule has 0 aliphatic rings. The highest BCUT2D eigenvalue weighted by Gasteiger charge is 2.06. The third-order valence-corrected chi connectivity index (χ3v) is 1.89. The van der Waals surface area contributed by atoms with Crippen molar-refractivity contribution >= 4 is 11.6 Å². The van der Waals surface area contributed by atoms with E-state index >= 15 is 0 Å². The molecule has 2 aromatic heterocycles. The number of nitrogens with zero attached hydrogens (tertiary/aromatic N) is 5. The molecule has 0 bridgehead atoms. The molecule has 0 radical (unpaired) electrons. The molecule has 0 aliphatic heterocycles. The van der Waals surface area contributed by atoms with Gasteiger partial charge in [0.15, 0.2) is 5.82 Å². The van der Waals surface area contributed by atoms with Gasteiger partial charge < -0.3 is 9.84 Å². The van der Waals surface area contributed by atoms with Crippen LogP contribution in [0.15, 0.2) is 23.3 Å². The molecule has 2 heterocycles. The summed E-state index contributed by atoms with van der Waals surface area (Å²) in [5, 5.41) is 16.9. The Morgan fingerprint density at radius 1 is 1.35 bits per heavy atom. The van der Waals surface area contributed by atoms with Crippen LogP contribution in [0.5, 0.6) is 0 Å². The van der Waals surface area contributed by atoms with Crippen molar-refractivity contribution in [2.45, 2.75) is 6.42 Å². The molecule has 0 fully saturated rings. The molecule has 0 spiro atoms. The number of hydrogen-bond donors (Lipinski definition) is 1. The van der Waals surface area contributed by atoms with Crippen molar-refractivity contribution in [2.75, 3.05) is 11.9 Å². The van der Waals surface area contributed by atoms with Gasteiger partial charge in [-0.15, -0.1) is 0 Å². The maximum absolute atomic E-state index is 10.4. The van der Waals surface area contributed by atoms with E-state index in [4.69, 9.17) is 0 Å². The fraction of sp³-hybridized carbons (Fsp3) is 0.250. The van der Waals surface area contributed by atoms with E-state index in [1.54, 1.807) is 0 Å². The van der Waals surface area contributed by atoms with Crippen LogP contribution in [0.2, 0.25) is 0 Å². The number of nitrogens with one attached hydrogen (secondary N) is 1. The minimum Gasteiger partial charge on any atom is -0.354 e. The van der Waals surface area contributed by atoms with Gasteiger partial charge in [0.2, 0.25) is 12.3 Å². The van der Waals surface area contributed by atoms with Gasteiger partial charge in [-0.3, -0.25) is 10.1 Å².